The fourth-order valence-electron chi connectivity index (χ4n) is 2.11. The van der Waals surface area contributed by atoms with Gasteiger partial charge in [-0.05, 0) is 43.7 Å². The highest BCUT2D eigenvalue weighted by atomic mass is 32.2. The van der Waals surface area contributed by atoms with Gasteiger partial charge in [0.05, 0.1) is 4.90 Å². The monoisotopic (exact) mass is 307 g/mol. The first-order valence-corrected chi connectivity index (χ1v) is 8.87. The van der Waals surface area contributed by atoms with Crippen molar-refractivity contribution < 1.29 is 8.42 Å². The van der Waals surface area contributed by atoms with Crippen molar-refractivity contribution in [1.29, 1.82) is 0 Å². The van der Waals surface area contributed by atoms with Gasteiger partial charge in [0.25, 0.3) is 0 Å². The Morgan fingerprint density at radius 2 is 2.00 bits per heavy atom. The summed E-state index contributed by atoms with van der Waals surface area (Å²) in [6.07, 6.45) is 5.94. The second kappa shape index (κ2) is 6.87. The van der Waals surface area contributed by atoms with Crippen molar-refractivity contribution in [2.45, 2.75) is 30.8 Å². The van der Waals surface area contributed by atoms with Crippen LogP contribution >= 0.6 is 0 Å². The van der Waals surface area contributed by atoms with Crippen LogP contribution in [0.4, 0.5) is 0 Å². The van der Waals surface area contributed by atoms with Crippen molar-refractivity contribution in [1.82, 2.24) is 15.1 Å². The molecule has 0 radical (unpaired) electrons. The van der Waals surface area contributed by atoms with Gasteiger partial charge in [-0.3, -0.25) is 4.68 Å². The Kier molecular flexibility index (Phi) is 5.14. The SMILES string of the molecule is CC(NCCCn1cccn1)c1ccc(S(C)(=O)=O)cc1. The lowest BCUT2D eigenvalue weighted by Gasteiger charge is -2.14. The van der Waals surface area contributed by atoms with E-state index < -0.39 is 9.84 Å². The summed E-state index contributed by atoms with van der Waals surface area (Å²) in [5, 5.41) is 7.58. The maximum atomic E-state index is 11.4. The van der Waals surface area contributed by atoms with Crippen LogP contribution in [0.25, 0.3) is 0 Å². The molecule has 1 aromatic heterocycles. The molecule has 0 aliphatic carbocycles. The van der Waals surface area contributed by atoms with Crippen molar-refractivity contribution in [3.05, 3.63) is 48.3 Å². The maximum absolute atomic E-state index is 11.4. The summed E-state index contributed by atoms with van der Waals surface area (Å²) in [5.74, 6) is 0. The van der Waals surface area contributed by atoms with E-state index >= 15 is 0 Å². The fraction of sp³-hybridized carbons (Fsp3) is 0.400. The number of hydrogen-bond acceptors (Lipinski definition) is 4. The number of sulfone groups is 1. The van der Waals surface area contributed by atoms with Gasteiger partial charge >= 0.3 is 0 Å². The smallest absolute Gasteiger partial charge is 0.175 e. The quantitative estimate of drug-likeness (QED) is 0.795. The van der Waals surface area contributed by atoms with E-state index in [4.69, 9.17) is 0 Å². The summed E-state index contributed by atoms with van der Waals surface area (Å²) in [5.41, 5.74) is 1.08. The minimum Gasteiger partial charge on any atom is -0.310 e. The highest BCUT2D eigenvalue weighted by molar-refractivity contribution is 7.90. The average Bonchev–Trinajstić information content (AvgIpc) is 2.96. The topological polar surface area (TPSA) is 64.0 Å². The minimum absolute atomic E-state index is 0.191. The summed E-state index contributed by atoms with van der Waals surface area (Å²) in [6, 6.07) is 9.15. The zero-order chi connectivity index (χ0) is 15.3. The summed E-state index contributed by atoms with van der Waals surface area (Å²) < 4.78 is 24.7. The Hall–Kier alpha value is -1.66. The van der Waals surface area contributed by atoms with Gasteiger partial charge in [0.2, 0.25) is 0 Å². The lowest BCUT2D eigenvalue weighted by Crippen LogP contribution is -2.21. The number of hydrogen-bond donors (Lipinski definition) is 1. The van der Waals surface area contributed by atoms with Crippen LogP contribution in [0.5, 0.6) is 0 Å². The molecule has 2 rings (SSSR count). The molecule has 0 bridgehead atoms. The highest BCUT2D eigenvalue weighted by Gasteiger charge is 2.09. The standard InChI is InChI=1S/C15H21N3O2S/c1-13(16-9-3-11-18-12-4-10-17-18)14-5-7-15(8-6-14)21(2,19)20/h4-8,10,12-13,16H,3,9,11H2,1-2H3. The van der Waals surface area contributed by atoms with Gasteiger partial charge in [-0.2, -0.15) is 5.10 Å². The predicted molar refractivity (Wildman–Crippen MR) is 82.8 cm³/mol. The number of aromatic nitrogens is 2. The molecule has 0 saturated heterocycles. The molecule has 1 atom stereocenters. The molecular formula is C15H21N3O2S. The first-order chi connectivity index (χ1) is 9.97. The van der Waals surface area contributed by atoms with Crippen molar-refractivity contribution in [2.24, 2.45) is 0 Å². The van der Waals surface area contributed by atoms with Crippen LogP contribution in [0, 0.1) is 0 Å². The molecule has 21 heavy (non-hydrogen) atoms. The third kappa shape index (κ3) is 4.68. The highest BCUT2D eigenvalue weighted by Crippen LogP contribution is 2.16. The van der Waals surface area contributed by atoms with Gasteiger partial charge in [-0.1, -0.05) is 12.1 Å². The van der Waals surface area contributed by atoms with Crippen LogP contribution in [0.2, 0.25) is 0 Å². The fourth-order valence-corrected chi connectivity index (χ4v) is 2.74. The molecule has 6 heteroatoms. The van der Waals surface area contributed by atoms with Gasteiger partial charge in [-0.15, -0.1) is 0 Å². The molecule has 0 amide bonds. The molecule has 1 unspecified atom stereocenters. The van der Waals surface area contributed by atoms with Crippen LogP contribution in [-0.2, 0) is 16.4 Å². The van der Waals surface area contributed by atoms with Gasteiger partial charge in [0.15, 0.2) is 9.84 Å². The van der Waals surface area contributed by atoms with Crippen molar-refractivity contribution in [2.75, 3.05) is 12.8 Å². The molecule has 114 valence electrons. The first kappa shape index (κ1) is 15.7. The molecule has 1 N–H and O–H groups in total. The number of aryl methyl sites for hydroxylation is 1. The van der Waals surface area contributed by atoms with Crippen LogP contribution in [0.15, 0.2) is 47.6 Å². The van der Waals surface area contributed by atoms with Crippen molar-refractivity contribution in [3.8, 4) is 0 Å². The van der Waals surface area contributed by atoms with E-state index in [9.17, 15) is 8.42 Å². The molecule has 0 fully saturated rings. The third-order valence-electron chi connectivity index (χ3n) is 3.38. The van der Waals surface area contributed by atoms with Crippen LogP contribution in [-0.4, -0.2) is 31.0 Å². The van der Waals surface area contributed by atoms with Crippen molar-refractivity contribution in [3.63, 3.8) is 0 Å². The molecule has 0 aliphatic rings. The van der Waals surface area contributed by atoms with E-state index in [0.717, 1.165) is 25.1 Å². The molecule has 0 spiro atoms. The number of nitrogens with zero attached hydrogens (tertiary/aromatic N) is 2. The Morgan fingerprint density at radius 1 is 1.29 bits per heavy atom. The molecule has 1 aromatic carbocycles. The normalized spacial score (nSPS) is 13.2. The van der Waals surface area contributed by atoms with E-state index in [1.165, 1.54) is 6.26 Å². The molecule has 1 heterocycles. The van der Waals surface area contributed by atoms with Crippen molar-refractivity contribution >= 4 is 9.84 Å². The van der Waals surface area contributed by atoms with Gasteiger partial charge < -0.3 is 5.32 Å². The Balaban J connectivity index is 1.81. The zero-order valence-corrected chi connectivity index (χ0v) is 13.2. The second-order valence-corrected chi connectivity index (χ2v) is 7.16. The van der Waals surface area contributed by atoms with Crippen LogP contribution in [0.3, 0.4) is 0 Å². The molecule has 5 nitrogen and oxygen atoms in total. The van der Waals surface area contributed by atoms with Gasteiger partial charge in [0, 0.05) is 31.2 Å². The van der Waals surface area contributed by atoms with Gasteiger partial charge in [-0.25, -0.2) is 8.42 Å². The van der Waals surface area contributed by atoms with E-state index in [2.05, 4.69) is 17.3 Å². The lowest BCUT2D eigenvalue weighted by molar-refractivity contribution is 0.507. The average molecular weight is 307 g/mol. The maximum Gasteiger partial charge on any atom is 0.175 e. The zero-order valence-electron chi connectivity index (χ0n) is 12.4. The lowest BCUT2D eigenvalue weighted by atomic mass is 10.1. The Morgan fingerprint density at radius 3 is 2.57 bits per heavy atom. The molecule has 0 aliphatic heterocycles. The summed E-state index contributed by atoms with van der Waals surface area (Å²) >= 11 is 0. The third-order valence-corrected chi connectivity index (χ3v) is 4.51. The Labute approximate surface area is 125 Å². The van der Waals surface area contributed by atoms with Gasteiger partial charge in [0.1, 0.15) is 0 Å². The molecular weight excluding hydrogens is 286 g/mol. The number of nitrogens with one attached hydrogen (secondary N) is 1. The Bertz CT molecular complexity index is 649. The van der Waals surface area contributed by atoms with Crippen LogP contribution in [0.1, 0.15) is 24.9 Å². The summed E-state index contributed by atoms with van der Waals surface area (Å²) in [6.45, 7) is 3.85. The predicted octanol–water partition coefficient (Wildman–Crippen LogP) is 2.03. The van der Waals surface area contributed by atoms with E-state index in [1.54, 1.807) is 18.3 Å². The second-order valence-electron chi connectivity index (χ2n) is 5.14. The number of rotatable bonds is 7. The largest absolute Gasteiger partial charge is 0.310 e. The summed E-state index contributed by atoms with van der Waals surface area (Å²) in [7, 11) is -3.12. The van der Waals surface area contributed by atoms with E-state index in [-0.39, 0.29) is 6.04 Å². The number of benzene rings is 1. The van der Waals surface area contributed by atoms with E-state index in [1.807, 2.05) is 29.1 Å². The first-order valence-electron chi connectivity index (χ1n) is 6.97. The minimum atomic E-state index is -3.12. The molecule has 0 saturated carbocycles. The summed E-state index contributed by atoms with van der Waals surface area (Å²) in [4.78, 5) is 0.358. The van der Waals surface area contributed by atoms with E-state index in [0.29, 0.717) is 4.90 Å². The van der Waals surface area contributed by atoms with Crippen LogP contribution < -0.4 is 5.32 Å². The molecule has 2 aromatic rings.